The number of amides is 1. The molecule has 1 aromatic rings. The van der Waals surface area contributed by atoms with Crippen molar-refractivity contribution in [2.24, 2.45) is 5.92 Å². The summed E-state index contributed by atoms with van der Waals surface area (Å²) in [5.74, 6) is 1.01. The van der Waals surface area contributed by atoms with Gasteiger partial charge in [0.15, 0.2) is 0 Å². The molecule has 1 saturated heterocycles. The van der Waals surface area contributed by atoms with Gasteiger partial charge in [0, 0.05) is 18.0 Å². The lowest BCUT2D eigenvalue weighted by Crippen LogP contribution is -2.38. The molecule has 0 radical (unpaired) electrons. The summed E-state index contributed by atoms with van der Waals surface area (Å²) >= 11 is 1.60. The molecule has 2 rings (SSSR count). The van der Waals surface area contributed by atoms with Crippen molar-refractivity contribution >= 4 is 29.7 Å². The van der Waals surface area contributed by atoms with Crippen LogP contribution in [0, 0.1) is 12.8 Å². The minimum atomic E-state index is 0. The predicted molar refractivity (Wildman–Crippen MR) is 83.5 cm³/mol. The monoisotopic (exact) mass is 302 g/mol. The number of piperidine rings is 1. The average molecular weight is 303 g/mol. The fourth-order valence-electron chi connectivity index (χ4n) is 2.48. The van der Waals surface area contributed by atoms with E-state index in [0.29, 0.717) is 0 Å². The summed E-state index contributed by atoms with van der Waals surface area (Å²) in [5.41, 5.74) is 0. The van der Waals surface area contributed by atoms with Gasteiger partial charge in [0.2, 0.25) is 0 Å². The van der Waals surface area contributed by atoms with Crippen LogP contribution in [0.2, 0.25) is 0 Å². The molecule has 1 aromatic heterocycles. The van der Waals surface area contributed by atoms with E-state index < -0.39 is 0 Å². The van der Waals surface area contributed by atoms with Crippen molar-refractivity contribution in [2.75, 3.05) is 26.7 Å². The standard InChI is InChI=1S/C14H22N2OS.ClH/c1-11-3-4-13(18-11)14(17)16-9-6-12(7-10-16)5-8-15-2;/h3-4,12,15H,5-10H2,1-2H3;1H. The van der Waals surface area contributed by atoms with Crippen LogP contribution in [0.4, 0.5) is 0 Å². The smallest absolute Gasteiger partial charge is 0.263 e. The van der Waals surface area contributed by atoms with Crippen LogP contribution in [0.5, 0.6) is 0 Å². The van der Waals surface area contributed by atoms with Crippen molar-refractivity contribution < 1.29 is 4.79 Å². The van der Waals surface area contributed by atoms with Crippen LogP contribution in [0.15, 0.2) is 12.1 Å². The molecule has 3 nitrogen and oxygen atoms in total. The van der Waals surface area contributed by atoms with Gasteiger partial charge in [-0.25, -0.2) is 0 Å². The van der Waals surface area contributed by atoms with Gasteiger partial charge >= 0.3 is 0 Å². The Morgan fingerprint density at radius 3 is 2.63 bits per heavy atom. The topological polar surface area (TPSA) is 32.3 Å². The van der Waals surface area contributed by atoms with Crippen LogP contribution < -0.4 is 5.32 Å². The first-order chi connectivity index (χ1) is 8.70. The third-order valence-corrected chi connectivity index (χ3v) is 4.64. The van der Waals surface area contributed by atoms with Crippen molar-refractivity contribution in [3.8, 4) is 0 Å². The fraction of sp³-hybridized carbons (Fsp3) is 0.643. The highest BCUT2D eigenvalue weighted by Gasteiger charge is 2.23. The zero-order valence-corrected chi connectivity index (χ0v) is 13.3. The Morgan fingerprint density at radius 1 is 1.42 bits per heavy atom. The van der Waals surface area contributed by atoms with Crippen molar-refractivity contribution in [3.05, 3.63) is 21.9 Å². The van der Waals surface area contributed by atoms with Crippen molar-refractivity contribution in [1.29, 1.82) is 0 Å². The van der Waals surface area contributed by atoms with E-state index in [-0.39, 0.29) is 18.3 Å². The number of halogens is 1. The average Bonchev–Trinajstić information content (AvgIpc) is 2.83. The van der Waals surface area contributed by atoms with Gasteiger partial charge < -0.3 is 10.2 Å². The Hall–Kier alpha value is -0.580. The third kappa shape index (κ3) is 4.48. The lowest BCUT2D eigenvalue weighted by molar-refractivity contribution is 0.0692. The minimum absolute atomic E-state index is 0. The lowest BCUT2D eigenvalue weighted by atomic mass is 9.93. The molecule has 0 atom stereocenters. The predicted octanol–water partition coefficient (Wildman–Crippen LogP) is 2.94. The quantitative estimate of drug-likeness (QED) is 0.927. The number of hydrogen-bond donors (Lipinski definition) is 1. The van der Waals surface area contributed by atoms with E-state index in [2.05, 4.69) is 5.32 Å². The first-order valence-corrected chi connectivity index (χ1v) is 7.52. The van der Waals surface area contributed by atoms with Gasteiger partial charge in [0.05, 0.1) is 4.88 Å². The molecule has 0 unspecified atom stereocenters. The molecule has 1 N–H and O–H groups in total. The van der Waals surface area contributed by atoms with Crippen LogP contribution in [-0.4, -0.2) is 37.5 Å². The number of carbonyl (C=O) groups is 1. The van der Waals surface area contributed by atoms with E-state index in [1.54, 1.807) is 11.3 Å². The second-order valence-electron chi connectivity index (χ2n) is 5.04. The van der Waals surface area contributed by atoms with Gasteiger partial charge in [-0.3, -0.25) is 4.79 Å². The molecular formula is C14H23ClN2OS. The number of thiophene rings is 1. The number of likely N-dealkylation sites (tertiary alicyclic amines) is 1. The van der Waals surface area contributed by atoms with Crippen molar-refractivity contribution in [1.82, 2.24) is 10.2 Å². The molecule has 0 spiro atoms. The number of nitrogens with zero attached hydrogens (tertiary/aromatic N) is 1. The minimum Gasteiger partial charge on any atom is -0.338 e. The summed E-state index contributed by atoms with van der Waals surface area (Å²) in [5, 5.41) is 3.20. The largest absolute Gasteiger partial charge is 0.338 e. The summed E-state index contributed by atoms with van der Waals surface area (Å²) in [6, 6.07) is 3.98. The summed E-state index contributed by atoms with van der Waals surface area (Å²) < 4.78 is 0. The number of hydrogen-bond acceptors (Lipinski definition) is 3. The highest BCUT2D eigenvalue weighted by molar-refractivity contribution is 7.13. The Morgan fingerprint density at radius 2 is 2.11 bits per heavy atom. The molecule has 5 heteroatoms. The summed E-state index contributed by atoms with van der Waals surface area (Å²) in [7, 11) is 2.00. The maximum absolute atomic E-state index is 12.3. The van der Waals surface area contributed by atoms with Crippen LogP contribution in [-0.2, 0) is 0 Å². The molecule has 1 aliphatic rings. The van der Waals surface area contributed by atoms with Gasteiger partial charge in [0.25, 0.3) is 5.91 Å². The zero-order valence-electron chi connectivity index (χ0n) is 11.6. The maximum atomic E-state index is 12.3. The van der Waals surface area contributed by atoms with E-state index in [1.807, 2.05) is 31.0 Å². The SMILES string of the molecule is CNCCC1CCN(C(=O)c2ccc(C)s2)CC1.Cl. The Kier molecular flexibility index (Phi) is 6.83. The molecule has 0 aliphatic carbocycles. The molecule has 0 aromatic carbocycles. The normalized spacial score (nSPS) is 16.2. The second-order valence-corrected chi connectivity index (χ2v) is 6.33. The number of nitrogens with one attached hydrogen (secondary N) is 1. The van der Waals surface area contributed by atoms with Crippen LogP contribution in [0.25, 0.3) is 0 Å². The number of rotatable bonds is 4. The first kappa shape index (κ1) is 16.5. The number of aryl methyl sites for hydroxylation is 1. The van der Waals surface area contributed by atoms with Gasteiger partial charge in [-0.15, -0.1) is 23.7 Å². The van der Waals surface area contributed by atoms with Crippen molar-refractivity contribution in [3.63, 3.8) is 0 Å². The van der Waals surface area contributed by atoms with Crippen LogP contribution >= 0.6 is 23.7 Å². The van der Waals surface area contributed by atoms with E-state index in [0.717, 1.165) is 43.3 Å². The fourth-order valence-corrected chi connectivity index (χ4v) is 3.31. The molecular weight excluding hydrogens is 280 g/mol. The summed E-state index contributed by atoms with van der Waals surface area (Å²) in [6.07, 6.45) is 3.53. The molecule has 1 aliphatic heterocycles. The van der Waals surface area contributed by atoms with Gasteiger partial charge in [-0.2, -0.15) is 0 Å². The van der Waals surface area contributed by atoms with Gasteiger partial charge in [-0.05, 0) is 57.8 Å². The highest BCUT2D eigenvalue weighted by atomic mass is 35.5. The van der Waals surface area contributed by atoms with E-state index in [1.165, 1.54) is 11.3 Å². The third-order valence-electron chi connectivity index (χ3n) is 3.66. The lowest BCUT2D eigenvalue weighted by Gasteiger charge is -2.31. The number of carbonyl (C=O) groups excluding carboxylic acids is 1. The van der Waals surface area contributed by atoms with Gasteiger partial charge in [0.1, 0.15) is 0 Å². The van der Waals surface area contributed by atoms with E-state index in [9.17, 15) is 4.79 Å². The Bertz CT molecular complexity index is 400. The van der Waals surface area contributed by atoms with E-state index in [4.69, 9.17) is 0 Å². The molecule has 1 fully saturated rings. The summed E-state index contributed by atoms with van der Waals surface area (Å²) in [6.45, 7) is 4.97. The highest BCUT2D eigenvalue weighted by Crippen LogP contribution is 2.23. The Balaban J connectivity index is 0.00000180. The Labute approximate surface area is 125 Å². The molecule has 2 heterocycles. The van der Waals surface area contributed by atoms with Crippen LogP contribution in [0.1, 0.15) is 33.8 Å². The maximum Gasteiger partial charge on any atom is 0.263 e. The van der Waals surface area contributed by atoms with Gasteiger partial charge in [-0.1, -0.05) is 0 Å². The molecule has 0 bridgehead atoms. The second kappa shape index (κ2) is 7.88. The first-order valence-electron chi connectivity index (χ1n) is 6.71. The molecule has 1 amide bonds. The van der Waals surface area contributed by atoms with E-state index >= 15 is 0 Å². The molecule has 19 heavy (non-hydrogen) atoms. The molecule has 0 saturated carbocycles. The molecule has 108 valence electrons. The van der Waals surface area contributed by atoms with Crippen LogP contribution in [0.3, 0.4) is 0 Å². The summed E-state index contributed by atoms with van der Waals surface area (Å²) in [4.78, 5) is 16.4. The zero-order chi connectivity index (χ0) is 13.0. The van der Waals surface area contributed by atoms with Crippen molar-refractivity contribution in [2.45, 2.75) is 26.2 Å².